The molecule has 3 aromatic carbocycles. The number of hydrogen-bond acceptors (Lipinski definition) is 6. The summed E-state index contributed by atoms with van der Waals surface area (Å²) in [5, 5.41) is 3.22. The van der Waals surface area contributed by atoms with Crippen LogP contribution in [0.15, 0.2) is 66.4 Å². The minimum atomic E-state index is -0.421. The maximum atomic E-state index is 13.7. The third kappa shape index (κ3) is 3.65. The standard InChI is InChI=1S/C27H25N3O4/c1-16-5-11-21(17(2)13-16)24-25(28-18-6-8-19(9-7-18)29(3)4)27(32)30(26(24)31)20-10-12-22-23(14-20)34-15-33-22/h5-14,28H,15H2,1-4H3. The minimum absolute atomic E-state index is 0.114. The molecule has 7 heteroatoms. The fourth-order valence-corrected chi connectivity index (χ4v) is 4.24. The number of nitrogens with one attached hydrogen (secondary N) is 1. The lowest BCUT2D eigenvalue weighted by molar-refractivity contribution is -0.120. The summed E-state index contributed by atoms with van der Waals surface area (Å²) in [6.45, 7) is 4.06. The average molecular weight is 456 g/mol. The number of anilines is 3. The molecule has 0 bridgehead atoms. The van der Waals surface area contributed by atoms with Gasteiger partial charge in [0.15, 0.2) is 11.5 Å². The molecule has 0 radical (unpaired) electrons. The Labute approximate surface area is 198 Å². The molecule has 2 heterocycles. The molecule has 0 unspecified atom stereocenters. The van der Waals surface area contributed by atoms with Crippen molar-refractivity contribution in [3.05, 3.63) is 83.1 Å². The monoisotopic (exact) mass is 455 g/mol. The summed E-state index contributed by atoms with van der Waals surface area (Å²) in [6.07, 6.45) is 0. The van der Waals surface area contributed by atoms with Crippen LogP contribution in [0.25, 0.3) is 5.57 Å². The van der Waals surface area contributed by atoms with E-state index in [1.165, 1.54) is 4.90 Å². The molecular formula is C27H25N3O4. The molecule has 0 fully saturated rings. The highest BCUT2D eigenvalue weighted by atomic mass is 16.7. The molecule has 0 saturated heterocycles. The van der Waals surface area contributed by atoms with E-state index in [1.807, 2.05) is 75.3 Å². The molecule has 172 valence electrons. The van der Waals surface area contributed by atoms with E-state index in [4.69, 9.17) is 9.47 Å². The van der Waals surface area contributed by atoms with E-state index in [2.05, 4.69) is 5.32 Å². The summed E-state index contributed by atoms with van der Waals surface area (Å²) in [5.74, 6) is 0.287. The van der Waals surface area contributed by atoms with Gasteiger partial charge < -0.3 is 19.7 Å². The first kappa shape index (κ1) is 21.6. The number of carbonyl (C=O) groups excluding carboxylic acids is 2. The molecule has 34 heavy (non-hydrogen) atoms. The Morgan fingerprint density at radius 3 is 2.29 bits per heavy atom. The van der Waals surface area contributed by atoms with Crippen molar-refractivity contribution in [2.45, 2.75) is 13.8 Å². The Kier molecular flexibility index (Phi) is 5.24. The zero-order valence-corrected chi connectivity index (χ0v) is 19.5. The molecule has 0 aromatic heterocycles. The third-order valence-electron chi connectivity index (χ3n) is 6.00. The Morgan fingerprint density at radius 1 is 0.853 bits per heavy atom. The molecule has 0 aliphatic carbocycles. The molecule has 2 amide bonds. The van der Waals surface area contributed by atoms with Gasteiger partial charge in [-0.25, -0.2) is 4.90 Å². The number of rotatable bonds is 5. The quantitative estimate of drug-likeness (QED) is 0.572. The number of carbonyl (C=O) groups is 2. The number of hydrogen-bond donors (Lipinski definition) is 1. The Morgan fingerprint density at radius 2 is 1.59 bits per heavy atom. The van der Waals surface area contributed by atoms with Crippen molar-refractivity contribution in [3.63, 3.8) is 0 Å². The van der Waals surface area contributed by atoms with Gasteiger partial charge in [-0.2, -0.15) is 0 Å². The minimum Gasteiger partial charge on any atom is -0.454 e. The van der Waals surface area contributed by atoms with E-state index in [9.17, 15) is 9.59 Å². The first-order valence-corrected chi connectivity index (χ1v) is 11.0. The highest BCUT2D eigenvalue weighted by Crippen LogP contribution is 2.40. The topological polar surface area (TPSA) is 71.1 Å². The number of aryl methyl sites for hydroxylation is 2. The Bertz CT molecular complexity index is 1340. The Balaban J connectivity index is 1.59. The van der Waals surface area contributed by atoms with E-state index in [0.717, 1.165) is 28.1 Å². The van der Waals surface area contributed by atoms with Gasteiger partial charge in [0.25, 0.3) is 11.8 Å². The smallest absolute Gasteiger partial charge is 0.282 e. The second kappa shape index (κ2) is 8.26. The maximum Gasteiger partial charge on any atom is 0.282 e. The summed E-state index contributed by atoms with van der Waals surface area (Å²) in [4.78, 5) is 30.6. The fourth-order valence-electron chi connectivity index (χ4n) is 4.24. The number of nitrogens with zero attached hydrogens (tertiary/aromatic N) is 2. The zero-order valence-electron chi connectivity index (χ0n) is 19.5. The maximum absolute atomic E-state index is 13.7. The van der Waals surface area contributed by atoms with Gasteiger partial charge in [-0.05, 0) is 61.4 Å². The highest BCUT2D eigenvalue weighted by Gasteiger charge is 2.41. The number of imide groups is 1. The Hall–Kier alpha value is -4.26. The predicted octanol–water partition coefficient (Wildman–Crippen LogP) is 4.49. The van der Waals surface area contributed by atoms with E-state index in [-0.39, 0.29) is 18.4 Å². The number of amides is 2. The molecule has 2 aliphatic rings. The third-order valence-corrected chi connectivity index (χ3v) is 6.00. The van der Waals surface area contributed by atoms with Crippen LogP contribution in [-0.2, 0) is 9.59 Å². The summed E-state index contributed by atoms with van der Waals surface area (Å²) >= 11 is 0. The van der Waals surface area contributed by atoms with Crippen LogP contribution in [0, 0.1) is 13.8 Å². The van der Waals surface area contributed by atoms with Gasteiger partial charge in [0.05, 0.1) is 11.3 Å². The number of ether oxygens (including phenoxy) is 2. The van der Waals surface area contributed by atoms with Crippen LogP contribution in [0.2, 0.25) is 0 Å². The van der Waals surface area contributed by atoms with Gasteiger partial charge in [-0.1, -0.05) is 23.8 Å². The molecule has 0 spiro atoms. The predicted molar refractivity (Wildman–Crippen MR) is 132 cm³/mol. The second-order valence-corrected chi connectivity index (χ2v) is 8.62. The average Bonchev–Trinajstić information content (AvgIpc) is 3.36. The highest BCUT2D eigenvalue weighted by molar-refractivity contribution is 6.46. The lowest BCUT2D eigenvalue weighted by atomic mass is 9.97. The summed E-state index contributed by atoms with van der Waals surface area (Å²) in [6, 6.07) is 18.6. The molecule has 1 N–H and O–H groups in total. The van der Waals surface area contributed by atoms with Crippen LogP contribution >= 0.6 is 0 Å². The SMILES string of the molecule is Cc1ccc(C2=C(Nc3ccc(N(C)C)cc3)C(=O)N(c3ccc4c(c3)OCO4)C2=O)c(C)c1. The van der Waals surface area contributed by atoms with Crippen molar-refractivity contribution < 1.29 is 19.1 Å². The first-order chi connectivity index (χ1) is 16.3. The van der Waals surface area contributed by atoms with Gasteiger partial charge in [0.2, 0.25) is 6.79 Å². The molecule has 2 aliphatic heterocycles. The van der Waals surface area contributed by atoms with Crippen molar-refractivity contribution in [3.8, 4) is 11.5 Å². The lowest BCUT2D eigenvalue weighted by Crippen LogP contribution is -2.32. The van der Waals surface area contributed by atoms with E-state index in [1.54, 1.807) is 18.2 Å². The normalized spacial score (nSPS) is 14.8. The van der Waals surface area contributed by atoms with Crippen molar-refractivity contribution in [1.82, 2.24) is 0 Å². The molecular weight excluding hydrogens is 430 g/mol. The molecule has 5 rings (SSSR count). The first-order valence-electron chi connectivity index (χ1n) is 11.0. The molecule has 3 aromatic rings. The van der Waals surface area contributed by atoms with Crippen LogP contribution in [0.3, 0.4) is 0 Å². The van der Waals surface area contributed by atoms with Crippen molar-refractivity contribution in [2.24, 2.45) is 0 Å². The van der Waals surface area contributed by atoms with Gasteiger partial charge >= 0.3 is 0 Å². The van der Waals surface area contributed by atoms with Crippen LogP contribution in [0.1, 0.15) is 16.7 Å². The number of fused-ring (bicyclic) bond motifs is 1. The zero-order chi connectivity index (χ0) is 24.0. The summed E-state index contributed by atoms with van der Waals surface area (Å²) in [5.41, 5.74) is 5.50. The second-order valence-electron chi connectivity index (χ2n) is 8.62. The molecule has 7 nitrogen and oxygen atoms in total. The van der Waals surface area contributed by atoms with Crippen LogP contribution in [0.4, 0.5) is 17.1 Å². The van der Waals surface area contributed by atoms with E-state index >= 15 is 0 Å². The fraction of sp³-hybridized carbons (Fsp3) is 0.185. The van der Waals surface area contributed by atoms with Gasteiger partial charge in [-0.15, -0.1) is 0 Å². The van der Waals surface area contributed by atoms with Crippen LogP contribution in [-0.4, -0.2) is 32.7 Å². The van der Waals surface area contributed by atoms with Crippen molar-refractivity contribution in [1.29, 1.82) is 0 Å². The summed E-state index contributed by atoms with van der Waals surface area (Å²) in [7, 11) is 3.93. The molecule has 0 atom stereocenters. The molecule has 0 saturated carbocycles. The van der Waals surface area contributed by atoms with Crippen molar-refractivity contribution >= 4 is 34.4 Å². The largest absolute Gasteiger partial charge is 0.454 e. The van der Waals surface area contributed by atoms with Crippen LogP contribution in [0.5, 0.6) is 11.5 Å². The van der Waals surface area contributed by atoms with Gasteiger partial charge in [0.1, 0.15) is 5.70 Å². The van der Waals surface area contributed by atoms with E-state index < -0.39 is 5.91 Å². The van der Waals surface area contributed by atoms with Gasteiger partial charge in [0, 0.05) is 31.5 Å². The number of benzene rings is 3. The van der Waals surface area contributed by atoms with E-state index in [0.29, 0.717) is 22.8 Å². The lowest BCUT2D eigenvalue weighted by Gasteiger charge is -2.16. The van der Waals surface area contributed by atoms with Gasteiger partial charge in [-0.3, -0.25) is 9.59 Å². The van der Waals surface area contributed by atoms with Crippen molar-refractivity contribution in [2.75, 3.05) is 36.0 Å². The summed E-state index contributed by atoms with van der Waals surface area (Å²) < 4.78 is 10.8. The van der Waals surface area contributed by atoms with Crippen LogP contribution < -0.4 is 24.6 Å².